The Morgan fingerprint density at radius 3 is 1.83 bits per heavy atom. The lowest BCUT2D eigenvalue weighted by Gasteiger charge is -2.29. The summed E-state index contributed by atoms with van der Waals surface area (Å²) in [6.07, 6.45) is 0.961. The summed E-state index contributed by atoms with van der Waals surface area (Å²) in [6.45, 7) is 9.60. The highest BCUT2D eigenvalue weighted by Gasteiger charge is 2.39. The Balaban J connectivity index is 4.20. The number of aliphatic hydroxyl groups is 1. The van der Waals surface area contributed by atoms with Gasteiger partial charge in [0.2, 0.25) is 0 Å². The summed E-state index contributed by atoms with van der Waals surface area (Å²) in [5.41, 5.74) is 0. The van der Waals surface area contributed by atoms with Crippen molar-refractivity contribution in [3.8, 4) is 0 Å². The molecule has 0 spiro atoms. The zero-order chi connectivity index (χ0) is 13.9. The molecule has 110 valence electrons. The second kappa shape index (κ2) is 10.9. The van der Waals surface area contributed by atoms with Gasteiger partial charge in [-0.15, -0.1) is 0 Å². The Morgan fingerprint density at radius 1 is 0.944 bits per heavy atom. The summed E-state index contributed by atoms with van der Waals surface area (Å²) in [6, 6.07) is 0.832. The van der Waals surface area contributed by atoms with E-state index in [4.69, 9.17) is 18.4 Å². The summed E-state index contributed by atoms with van der Waals surface area (Å²) in [5.74, 6) is 0. The molecule has 0 rings (SSSR count). The number of aliphatic hydroxyl groups excluding tert-OH is 1. The van der Waals surface area contributed by atoms with Crippen molar-refractivity contribution < 1.29 is 18.4 Å². The molecule has 0 saturated carbocycles. The van der Waals surface area contributed by atoms with Crippen molar-refractivity contribution in [2.24, 2.45) is 0 Å². The lowest BCUT2D eigenvalue weighted by molar-refractivity contribution is 0.0700. The lowest BCUT2D eigenvalue weighted by Crippen LogP contribution is -2.46. The van der Waals surface area contributed by atoms with Gasteiger partial charge in [0.25, 0.3) is 0 Å². The van der Waals surface area contributed by atoms with Crippen molar-refractivity contribution >= 4 is 8.80 Å². The monoisotopic (exact) mass is 279 g/mol. The van der Waals surface area contributed by atoms with E-state index in [0.717, 1.165) is 19.0 Å². The first kappa shape index (κ1) is 18.0. The highest BCUT2D eigenvalue weighted by atomic mass is 28.4. The van der Waals surface area contributed by atoms with E-state index in [0.29, 0.717) is 26.4 Å². The second-order valence-electron chi connectivity index (χ2n) is 4.11. The first-order valence-corrected chi connectivity index (χ1v) is 8.78. The smallest absolute Gasteiger partial charge is 0.395 e. The van der Waals surface area contributed by atoms with Gasteiger partial charge in [0.05, 0.1) is 6.61 Å². The maximum absolute atomic E-state index is 8.84. The average Bonchev–Trinajstić information content (AvgIpc) is 2.30. The molecule has 0 fully saturated rings. The largest absolute Gasteiger partial charge is 0.500 e. The van der Waals surface area contributed by atoms with E-state index in [1.54, 1.807) is 0 Å². The number of hydrogen-bond donors (Lipinski definition) is 1. The quantitative estimate of drug-likeness (QED) is 0.547. The SMILES string of the molecule is CCO[Si](CCCN(C)CCO)(OCC)OCC. The molecular weight excluding hydrogens is 250 g/mol. The van der Waals surface area contributed by atoms with Crippen LogP contribution in [-0.2, 0) is 13.3 Å². The van der Waals surface area contributed by atoms with Gasteiger partial charge in [-0.1, -0.05) is 0 Å². The maximum atomic E-state index is 8.84. The third-order valence-electron chi connectivity index (χ3n) is 2.60. The summed E-state index contributed by atoms with van der Waals surface area (Å²) < 4.78 is 17.3. The summed E-state index contributed by atoms with van der Waals surface area (Å²) in [4.78, 5) is 2.10. The molecule has 0 saturated heterocycles. The molecule has 0 aliphatic carbocycles. The van der Waals surface area contributed by atoms with Gasteiger partial charge in [0.1, 0.15) is 0 Å². The zero-order valence-electron chi connectivity index (χ0n) is 12.3. The molecular formula is C12H29NO4Si. The van der Waals surface area contributed by atoms with Crippen LogP contribution in [0.1, 0.15) is 27.2 Å². The Hall–Kier alpha value is 0.0169. The average molecular weight is 279 g/mol. The summed E-state index contributed by atoms with van der Waals surface area (Å²) >= 11 is 0. The molecule has 18 heavy (non-hydrogen) atoms. The Morgan fingerprint density at radius 2 is 1.44 bits per heavy atom. The molecule has 0 heterocycles. The van der Waals surface area contributed by atoms with Crippen LogP contribution in [0.3, 0.4) is 0 Å². The van der Waals surface area contributed by atoms with Crippen LogP contribution in [0.2, 0.25) is 6.04 Å². The van der Waals surface area contributed by atoms with Crippen LogP contribution >= 0.6 is 0 Å². The first-order valence-electron chi connectivity index (χ1n) is 6.85. The van der Waals surface area contributed by atoms with Gasteiger partial charge in [0, 0.05) is 32.4 Å². The van der Waals surface area contributed by atoms with E-state index in [9.17, 15) is 0 Å². The molecule has 6 heteroatoms. The Bertz CT molecular complexity index is 178. The van der Waals surface area contributed by atoms with Crippen LogP contribution in [0.4, 0.5) is 0 Å². The van der Waals surface area contributed by atoms with E-state index in [2.05, 4.69) is 4.90 Å². The molecule has 0 aromatic heterocycles. The van der Waals surface area contributed by atoms with Crippen LogP contribution in [-0.4, -0.2) is 65.4 Å². The summed E-state index contributed by atoms with van der Waals surface area (Å²) in [7, 11) is -0.473. The maximum Gasteiger partial charge on any atom is 0.500 e. The molecule has 0 atom stereocenters. The normalized spacial score (nSPS) is 12.3. The molecule has 0 bridgehead atoms. The number of likely N-dealkylation sites (N-methyl/N-ethyl adjacent to an activating group) is 1. The van der Waals surface area contributed by atoms with Gasteiger partial charge < -0.3 is 23.3 Å². The van der Waals surface area contributed by atoms with Crippen molar-refractivity contribution in [2.45, 2.75) is 33.2 Å². The molecule has 0 aliphatic rings. The number of nitrogens with zero attached hydrogens (tertiary/aromatic N) is 1. The Labute approximate surface area is 112 Å². The van der Waals surface area contributed by atoms with Gasteiger partial charge in [-0.25, -0.2) is 0 Å². The van der Waals surface area contributed by atoms with Crippen molar-refractivity contribution in [1.29, 1.82) is 0 Å². The fourth-order valence-electron chi connectivity index (χ4n) is 1.85. The molecule has 0 amide bonds. The molecule has 0 aliphatic heterocycles. The minimum atomic E-state index is -2.47. The van der Waals surface area contributed by atoms with Crippen LogP contribution < -0.4 is 0 Å². The third-order valence-corrected chi connectivity index (χ3v) is 5.75. The molecule has 5 nitrogen and oxygen atoms in total. The van der Waals surface area contributed by atoms with Crippen LogP contribution in [0.15, 0.2) is 0 Å². The van der Waals surface area contributed by atoms with Crippen molar-refractivity contribution in [1.82, 2.24) is 4.90 Å². The second-order valence-corrected chi connectivity index (χ2v) is 6.84. The van der Waals surface area contributed by atoms with Crippen LogP contribution in [0.25, 0.3) is 0 Å². The third kappa shape index (κ3) is 7.45. The standard InChI is InChI=1S/C12H29NO4Si/c1-5-15-18(16-6-2,17-7-3)12-8-9-13(4)10-11-14/h14H,5-12H2,1-4H3. The highest BCUT2D eigenvalue weighted by molar-refractivity contribution is 6.60. The summed E-state index contributed by atoms with van der Waals surface area (Å²) in [5, 5.41) is 8.84. The molecule has 0 radical (unpaired) electrons. The topological polar surface area (TPSA) is 51.2 Å². The van der Waals surface area contributed by atoms with E-state index >= 15 is 0 Å². The first-order chi connectivity index (χ1) is 8.64. The van der Waals surface area contributed by atoms with Crippen molar-refractivity contribution in [2.75, 3.05) is 46.6 Å². The van der Waals surface area contributed by atoms with E-state index < -0.39 is 8.80 Å². The highest BCUT2D eigenvalue weighted by Crippen LogP contribution is 2.18. The van der Waals surface area contributed by atoms with Crippen molar-refractivity contribution in [3.63, 3.8) is 0 Å². The molecule has 0 unspecified atom stereocenters. The minimum absolute atomic E-state index is 0.196. The zero-order valence-corrected chi connectivity index (χ0v) is 13.3. The van der Waals surface area contributed by atoms with Gasteiger partial charge in [-0.3, -0.25) is 0 Å². The molecule has 1 N–H and O–H groups in total. The van der Waals surface area contributed by atoms with Crippen molar-refractivity contribution in [3.05, 3.63) is 0 Å². The number of hydrogen-bond acceptors (Lipinski definition) is 5. The van der Waals surface area contributed by atoms with Gasteiger partial charge in [-0.2, -0.15) is 0 Å². The fourth-order valence-corrected chi connectivity index (χ4v) is 4.44. The predicted octanol–water partition coefficient (Wildman–Crippen LogP) is 1.35. The Kier molecular flexibility index (Phi) is 10.9. The molecule has 0 aromatic carbocycles. The lowest BCUT2D eigenvalue weighted by atomic mass is 10.4. The predicted molar refractivity (Wildman–Crippen MR) is 74.6 cm³/mol. The van der Waals surface area contributed by atoms with E-state index in [-0.39, 0.29) is 6.61 Å². The van der Waals surface area contributed by atoms with Gasteiger partial charge in [-0.05, 0) is 40.8 Å². The number of rotatable bonds is 12. The van der Waals surface area contributed by atoms with E-state index in [1.807, 2.05) is 27.8 Å². The van der Waals surface area contributed by atoms with Gasteiger partial charge >= 0.3 is 8.80 Å². The molecule has 0 aromatic rings. The minimum Gasteiger partial charge on any atom is -0.395 e. The van der Waals surface area contributed by atoms with E-state index in [1.165, 1.54) is 0 Å². The van der Waals surface area contributed by atoms with Crippen LogP contribution in [0.5, 0.6) is 0 Å². The van der Waals surface area contributed by atoms with Crippen LogP contribution in [0, 0.1) is 0 Å². The van der Waals surface area contributed by atoms with Gasteiger partial charge in [0.15, 0.2) is 0 Å². The fraction of sp³-hybridized carbons (Fsp3) is 1.00.